The number of ether oxygens (including phenoxy) is 3. The van der Waals surface area contributed by atoms with Gasteiger partial charge in [-0.05, 0) is 17.7 Å². The molecule has 0 spiro atoms. The summed E-state index contributed by atoms with van der Waals surface area (Å²) in [6, 6.07) is 6.15. The molecule has 2 aromatic rings. The van der Waals surface area contributed by atoms with Crippen molar-refractivity contribution in [3.8, 4) is 16.9 Å². The Hall–Kier alpha value is -2.36. The van der Waals surface area contributed by atoms with Gasteiger partial charge in [-0.15, -0.1) is 0 Å². The summed E-state index contributed by atoms with van der Waals surface area (Å²) in [5.74, 6) is 0.488. The fourth-order valence-corrected chi connectivity index (χ4v) is 6.53. The van der Waals surface area contributed by atoms with Gasteiger partial charge in [0, 0.05) is 6.20 Å². The van der Waals surface area contributed by atoms with Crippen molar-refractivity contribution in [2.45, 2.75) is 55.2 Å². The lowest BCUT2D eigenvalue weighted by Crippen LogP contribution is -2.58. The average Bonchev–Trinajstić information content (AvgIpc) is 3.24. The van der Waals surface area contributed by atoms with Gasteiger partial charge in [-0.25, -0.2) is 13.9 Å². The van der Waals surface area contributed by atoms with Crippen LogP contribution in [0.25, 0.3) is 11.1 Å². The molecule has 2 aliphatic heterocycles. The minimum atomic E-state index is -5.64. The Bertz CT molecular complexity index is 1510. The summed E-state index contributed by atoms with van der Waals surface area (Å²) in [4.78, 5) is 46.9. The van der Waals surface area contributed by atoms with Crippen LogP contribution >= 0.6 is 15.6 Å². The number of rotatable bonds is 11. The molecule has 0 radical (unpaired) electrons. The summed E-state index contributed by atoms with van der Waals surface area (Å²) in [5, 5.41) is 59.7. The third-order valence-electron chi connectivity index (χ3n) is 6.67. The van der Waals surface area contributed by atoms with E-state index in [0.717, 1.165) is 10.8 Å². The number of aliphatic hydroxyl groups excluding tert-OH is 6. The van der Waals surface area contributed by atoms with Crippen LogP contribution in [0.1, 0.15) is 6.23 Å². The van der Waals surface area contributed by atoms with Gasteiger partial charge < -0.3 is 54.6 Å². The number of aliphatic hydroxyl groups is 6. The molecule has 1 aromatic carbocycles. The molecule has 9 N–H and O–H groups in total. The van der Waals surface area contributed by atoms with Gasteiger partial charge in [0.15, 0.2) is 12.5 Å². The molecule has 2 fully saturated rings. The largest absolute Gasteiger partial charge is 0.497 e. The Morgan fingerprint density at radius 3 is 2.14 bits per heavy atom. The second-order valence-electron chi connectivity index (χ2n) is 9.60. The number of phosphoric ester groups is 2. The average molecular weight is 672 g/mol. The number of aromatic amines is 1. The highest BCUT2D eigenvalue weighted by molar-refractivity contribution is 7.61. The van der Waals surface area contributed by atoms with E-state index in [4.69, 9.17) is 14.2 Å². The molecule has 0 saturated carbocycles. The standard InChI is InChI=1S/C22H30N2O18P2/c1-37-10-4-2-9(3-5-10)11-6-24(22(32)23-19(11)31)20-17(29)15(27)13(39-20)8-38-43(33,34)42-44(35,36)41-21-18(30)16(28)14(26)12(7-25)40-21/h2-6,12-18,20-21,25-30H,7-8H2,1H3,(H,33,34)(H,35,36)(H,23,31,32)/t12-,13-,14-,15-,16+,17-,18-,20-,21-/m1/s1. The number of aromatic nitrogens is 2. The van der Waals surface area contributed by atoms with Crippen molar-refractivity contribution in [1.82, 2.24) is 9.55 Å². The van der Waals surface area contributed by atoms with Crippen LogP contribution in [0, 0.1) is 0 Å². The van der Waals surface area contributed by atoms with Crippen LogP contribution in [-0.2, 0) is 32.0 Å². The molecule has 0 amide bonds. The van der Waals surface area contributed by atoms with E-state index in [-0.39, 0.29) is 5.56 Å². The first-order valence-electron chi connectivity index (χ1n) is 12.6. The van der Waals surface area contributed by atoms with E-state index in [1.165, 1.54) is 19.2 Å². The van der Waals surface area contributed by atoms with Crippen molar-refractivity contribution in [2.75, 3.05) is 20.3 Å². The molecule has 2 saturated heterocycles. The fraction of sp³-hybridized carbons (Fsp3) is 0.545. The normalized spacial score (nSPS) is 33.4. The molecule has 4 rings (SSSR count). The topological polar surface area (TPSA) is 306 Å². The van der Waals surface area contributed by atoms with Gasteiger partial charge in [0.2, 0.25) is 0 Å². The smallest absolute Gasteiger partial charge is 0.483 e. The number of H-pyrrole nitrogens is 1. The summed E-state index contributed by atoms with van der Waals surface area (Å²) in [5.41, 5.74) is -1.48. The maximum atomic E-state index is 12.5. The molecule has 22 heteroatoms. The van der Waals surface area contributed by atoms with Gasteiger partial charge in [-0.2, -0.15) is 4.31 Å². The summed E-state index contributed by atoms with van der Waals surface area (Å²) in [6.07, 6.45) is -15.7. The predicted octanol–water partition coefficient (Wildman–Crippen LogP) is -3.12. The van der Waals surface area contributed by atoms with Gasteiger partial charge >= 0.3 is 21.3 Å². The van der Waals surface area contributed by atoms with Crippen LogP contribution < -0.4 is 16.0 Å². The zero-order chi connectivity index (χ0) is 32.6. The van der Waals surface area contributed by atoms with E-state index in [1.54, 1.807) is 12.1 Å². The highest BCUT2D eigenvalue weighted by Gasteiger charge is 2.49. The van der Waals surface area contributed by atoms with Crippen LogP contribution in [-0.4, -0.2) is 119 Å². The lowest BCUT2D eigenvalue weighted by molar-refractivity contribution is -0.280. The minimum Gasteiger partial charge on any atom is -0.497 e. The first-order valence-corrected chi connectivity index (χ1v) is 15.6. The maximum absolute atomic E-state index is 12.5. The molecule has 11 atom stereocenters. The highest BCUT2D eigenvalue weighted by atomic mass is 31.3. The van der Waals surface area contributed by atoms with E-state index >= 15 is 0 Å². The Labute approximate surface area is 246 Å². The molecule has 20 nitrogen and oxygen atoms in total. The first-order chi connectivity index (χ1) is 20.6. The van der Waals surface area contributed by atoms with Gasteiger partial charge in [0.05, 0.1) is 25.9 Å². The molecule has 2 unspecified atom stereocenters. The fourth-order valence-electron chi connectivity index (χ4n) is 4.37. The zero-order valence-electron chi connectivity index (χ0n) is 22.5. The number of nitrogens with zero attached hydrogens (tertiary/aromatic N) is 1. The van der Waals surface area contributed by atoms with Crippen molar-refractivity contribution < 1.29 is 77.1 Å². The van der Waals surface area contributed by atoms with Crippen LogP contribution in [0.2, 0.25) is 0 Å². The predicted molar refractivity (Wildman–Crippen MR) is 141 cm³/mol. The van der Waals surface area contributed by atoms with Crippen molar-refractivity contribution >= 4 is 15.6 Å². The van der Waals surface area contributed by atoms with Crippen LogP contribution in [0.15, 0.2) is 40.1 Å². The second-order valence-corrected chi connectivity index (χ2v) is 12.6. The third kappa shape index (κ3) is 7.53. The molecule has 44 heavy (non-hydrogen) atoms. The SMILES string of the molecule is COc1ccc(-c2cn([C@@H]3O[C@H](COP(=O)(O)OP(=O)(O)O[C@H]4O[C@H](CO)[C@@H](O)[C@H](O)[C@H]4O)[C@@H](O)[C@H]3O)c(=O)[nH]c2=O)cc1. The van der Waals surface area contributed by atoms with Gasteiger partial charge in [-0.3, -0.25) is 23.4 Å². The molecule has 3 heterocycles. The molecular formula is C22H30N2O18P2. The summed E-state index contributed by atoms with van der Waals surface area (Å²) in [7, 11) is -9.75. The zero-order valence-corrected chi connectivity index (χ0v) is 24.3. The molecular weight excluding hydrogens is 642 g/mol. The maximum Gasteiger partial charge on any atom is 0.483 e. The van der Waals surface area contributed by atoms with Crippen LogP contribution in [0.4, 0.5) is 0 Å². The molecule has 0 bridgehead atoms. The van der Waals surface area contributed by atoms with E-state index in [9.17, 15) is 59.1 Å². The van der Waals surface area contributed by atoms with Gasteiger partial charge in [0.1, 0.15) is 48.5 Å². The molecule has 2 aliphatic rings. The van der Waals surface area contributed by atoms with Crippen LogP contribution in [0.5, 0.6) is 5.75 Å². The summed E-state index contributed by atoms with van der Waals surface area (Å²) in [6.45, 7) is -1.97. The van der Waals surface area contributed by atoms with Gasteiger partial charge in [-0.1, -0.05) is 12.1 Å². The number of hydrogen-bond donors (Lipinski definition) is 9. The van der Waals surface area contributed by atoms with Crippen molar-refractivity contribution in [2.24, 2.45) is 0 Å². The van der Waals surface area contributed by atoms with Crippen molar-refractivity contribution in [3.05, 3.63) is 51.3 Å². The van der Waals surface area contributed by atoms with E-state index in [0.29, 0.717) is 11.3 Å². The molecule has 0 aliphatic carbocycles. The molecule has 246 valence electrons. The van der Waals surface area contributed by atoms with Crippen LogP contribution in [0.3, 0.4) is 0 Å². The monoisotopic (exact) mass is 672 g/mol. The first kappa shape index (κ1) is 34.5. The Morgan fingerprint density at radius 1 is 0.886 bits per heavy atom. The Morgan fingerprint density at radius 2 is 1.52 bits per heavy atom. The summed E-state index contributed by atoms with van der Waals surface area (Å²) < 4.78 is 54.1. The number of benzene rings is 1. The number of hydrogen-bond acceptors (Lipinski definition) is 16. The van der Waals surface area contributed by atoms with Crippen molar-refractivity contribution in [1.29, 1.82) is 0 Å². The number of methoxy groups -OCH3 is 1. The molecule has 1 aromatic heterocycles. The summed E-state index contributed by atoms with van der Waals surface area (Å²) >= 11 is 0. The lowest BCUT2D eigenvalue weighted by Gasteiger charge is -2.39. The lowest BCUT2D eigenvalue weighted by atomic mass is 10.00. The van der Waals surface area contributed by atoms with Crippen molar-refractivity contribution in [3.63, 3.8) is 0 Å². The van der Waals surface area contributed by atoms with E-state index in [2.05, 4.69) is 18.3 Å². The second kappa shape index (κ2) is 13.6. The highest BCUT2D eigenvalue weighted by Crippen LogP contribution is 2.61. The van der Waals surface area contributed by atoms with Gasteiger partial charge in [0.25, 0.3) is 5.56 Å². The Balaban J connectivity index is 1.43. The number of phosphoric acid groups is 2. The van der Waals surface area contributed by atoms with E-state index < -0.39 is 95.4 Å². The minimum absolute atomic E-state index is 0.0244. The number of nitrogens with one attached hydrogen (secondary N) is 1. The van der Waals surface area contributed by atoms with E-state index in [1.807, 2.05) is 0 Å². The quantitative estimate of drug-likeness (QED) is 0.107. The third-order valence-corrected chi connectivity index (χ3v) is 9.27. The Kier molecular flexibility index (Phi) is 10.6.